The molecule has 5 rings (SSSR count). The van der Waals surface area contributed by atoms with Crippen LogP contribution in [0.5, 0.6) is 0 Å². The molecule has 0 saturated heterocycles. The van der Waals surface area contributed by atoms with Crippen molar-refractivity contribution in [3.63, 3.8) is 0 Å². The molecule has 0 bridgehead atoms. The Hall–Kier alpha value is -3.35. The molecule has 0 spiro atoms. The van der Waals surface area contributed by atoms with Crippen LogP contribution in [0.4, 0.5) is 4.39 Å². The third-order valence-electron chi connectivity index (χ3n) is 6.48. The van der Waals surface area contributed by atoms with Gasteiger partial charge in [0.15, 0.2) is 5.78 Å². The fraction of sp³-hybridized carbons (Fsp3) is 0.333. The number of halogens is 1. The lowest BCUT2D eigenvalue weighted by atomic mass is 9.81. The first-order valence-corrected chi connectivity index (χ1v) is 10.5. The quantitative estimate of drug-likeness (QED) is 0.515. The van der Waals surface area contributed by atoms with Crippen molar-refractivity contribution in [2.75, 3.05) is 0 Å². The Kier molecular flexibility index (Phi) is 4.32. The summed E-state index contributed by atoms with van der Waals surface area (Å²) in [5.41, 5.74) is 5.02. The van der Waals surface area contributed by atoms with Crippen molar-refractivity contribution in [2.45, 2.75) is 52.6 Å². The number of Topliss-reactive ketones (excluding diaryl/α,β-unsaturated/α-hetero) is 1. The van der Waals surface area contributed by atoms with Gasteiger partial charge in [0.05, 0.1) is 29.5 Å². The molecule has 1 unspecified atom stereocenters. The Morgan fingerprint density at radius 2 is 2.03 bits per heavy atom. The van der Waals surface area contributed by atoms with Crippen LogP contribution in [0.3, 0.4) is 0 Å². The molecule has 0 fully saturated rings. The van der Waals surface area contributed by atoms with Crippen molar-refractivity contribution in [3.05, 3.63) is 62.2 Å². The molecule has 1 amide bonds. The zero-order chi connectivity index (χ0) is 22.0. The van der Waals surface area contributed by atoms with E-state index in [4.69, 9.17) is 4.98 Å². The Morgan fingerprint density at radius 1 is 1.26 bits per heavy atom. The molecule has 3 heterocycles. The molecule has 7 heteroatoms. The van der Waals surface area contributed by atoms with Gasteiger partial charge in [-0.05, 0) is 42.5 Å². The molecule has 2 aliphatic rings. The maximum Gasteiger partial charge on any atom is 0.252 e. The van der Waals surface area contributed by atoms with Crippen LogP contribution in [0, 0.1) is 12.7 Å². The second kappa shape index (κ2) is 6.83. The first-order chi connectivity index (χ1) is 14.8. The Morgan fingerprint density at radius 3 is 2.74 bits per heavy atom. The van der Waals surface area contributed by atoms with E-state index in [9.17, 15) is 18.8 Å². The number of pyridine rings is 2. The summed E-state index contributed by atoms with van der Waals surface area (Å²) in [4.78, 5) is 41.7. The minimum Gasteiger partial charge on any atom is -0.349 e. The van der Waals surface area contributed by atoms with Crippen LogP contribution in [0.25, 0.3) is 22.3 Å². The van der Waals surface area contributed by atoms with E-state index in [0.717, 1.165) is 22.1 Å². The van der Waals surface area contributed by atoms with Gasteiger partial charge in [0.2, 0.25) is 5.91 Å². The smallest absolute Gasteiger partial charge is 0.252 e. The summed E-state index contributed by atoms with van der Waals surface area (Å²) < 4.78 is 16.3. The summed E-state index contributed by atoms with van der Waals surface area (Å²) >= 11 is 0. The highest BCUT2D eigenvalue weighted by atomic mass is 19.1. The number of aromatic nitrogens is 2. The van der Waals surface area contributed by atoms with Crippen molar-refractivity contribution in [3.8, 4) is 11.4 Å². The molecule has 6 nitrogen and oxygen atoms in total. The van der Waals surface area contributed by atoms with Crippen LogP contribution >= 0.6 is 0 Å². The SMILES string of the molecule is CCC(=O)c1cc2n(c(=O)c1)Cc1c-2nc2cc(F)c(C)c3c2c1C(NC(C)=O)CC3. The predicted molar refractivity (Wildman–Crippen MR) is 115 cm³/mol. The fourth-order valence-electron chi connectivity index (χ4n) is 5.01. The zero-order valence-electron chi connectivity index (χ0n) is 17.6. The van der Waals surface area contributed by atoms with Crippen LogP contribution in [-0.4, -0.2) is 21.2 Å². The first-order valence-electron chi connectivity index (χ1n) is 10.5. The van der Waals surface area contributed by atoms with Crippen molar-refractivity contribution < 1.29 is 14.0 Å². The average molecular weight is 419 g/mol. The number of amides is 1. The van der Waals surface area contributed by atoms with Crippen molar-refractivity contribution in [1.29, 1.82) is 0 Å². The Bertz CT molecular complexity index is 1370. The van der Waals surface area contributed by atoms with Gasteiger partial charge in [0.1, 0.15) is 5.82 Å². The second-order valence-electron chi connectivity index (χ2n) is 8.33. The molecule has 1 aliphatic carbocycles. The molecule has 31 heavy (non-hydrogen) atoms. The highest BCUT2D eigenvalue weighted by molar-refractivity contribution is 5.98. The molecule has 1 aromatic carbocycles. The maximum absolute atomic E-state index is 14.7. The number of carbonyl (C=O) groups excluding carboxylic acids is 2. The molecule has 0 saturated carbocycles. The standard InChI is InChI=1S/C24H22FN3O3/c1-4-20(30)13-7-19-24-15(10-28(19)21(31)8-13)23-17(26-12(3)29)6-5-14-11(2)16(25)9-18(27-24)22(14)23/h7-9,17H,4-6,10H2,1-3H3,(H,26,29). The monoisotopic (exact) mass is 419 g/mol. The zero-order valence-corrected chi connectivity index (χ0v) is 17.6. The molecule has 1 atom stereocenters. The number of aryl methyl sites for hydroxylation is 1. The Labute approximate surface area is 178 Å². The molecule has 1 N–H and O–H groups in total. The van der Waals surface area contributed by atoms with E-state index in [-0.39, 0.29) is 29.1 Å². The van der Waals surface area contributed by atoms with Gasteiger partial charge in [0, 0.05) is 42.0 Å². The number of carbonyl (C=O) groups is 2. The topological polar surface area (TPSA) is 81.1 Å². The highest BCUT2D eigenvalue weighted by Gasteiger charge is 2.34. The van der Waals surface area contributed by atoms with Crippen LogP contribution in [-0.2, 0) is 17.8 Å². The van der Waals surface area contributed by atoms with Gasteiger partial charge in [0.25, 0.3) is 5.56 Å². The van der Waals surface area contributed by atoms with Crippen LogP contribution < -0.4 is 10.9 Å². The van der Waals surface area contributed by atoms with Gasteiger partial charge in [-0.1, -0.05) is 6.92 Å². The first kappa shape index (κ1) is 19.6. The lowest BCUT2D eigenvalue weighted by Crippen LogP contribution is -2.30. The van der Waals surface area contributed by atoms with E-state index in [0.29, 0.717) is 53.8 Å². The minimum atomic E-state index is -0.316. The number of fused-ring (bicyclic) bond motifs is 4. The number of hydrogen-bond acceptors (Lipinski definition) is 4. The molecule has 0 radical (unpaired) electrons. The second-order valence-corrected chi connectivity index (χ2v) is 8.33. The number of rotatable bonds is 3. The Balaban J connectivity index is 1.85. The third-order valence-corrected chi connectivity index (χ3v) is 6.48. The van der Waals surface area contributed by atoms with Crippen molar-refractivity contribution in [1.82, 2.24) is 14.9 Å². The van der Waals surface area contributed by atoms with Crippen molar-refractivity contribution in [2.24, 2.45) is 0 Å². The number of nitrogens with zero attached hydrogens (tertiary/aromatic N) is 2. The largest absolute Gasteiger partial charge is 0.349 e. The van der Waals surface area contributed by atoms with Gasteiger partial charge < -0.3 is 9.88 Å². The van der Waals surface area contributed by atoms with E-state index in [1.54, 1.807) is 24.5 Å². The number of nitrogens with one attached hydrogen (secondary N) is 1. The van der Waals surface area contributed by atoms with E-state index in [1.807, 2.05) is 0 Å². The number of benzene rings is 1. The summed E-state index contributed by atoms with van der Waals surface area (Å²) in [6, 6.07) is 4.26. The lowest BCUT2D eigenvalue weighted by Gasteiger charge is -2.29. The summed E-state index contributed by atoms with van der Waals surface area (Å²) in [7, 11) is 0. The number of hydrogen-bond donors (Lipinski definition) is 1. The minimum absolute atomic E-state index is 0.115. The van der Waals surface area contributed by atoms with Crippen LogP contribution in [0.15, 0.2) is 23.0 Å². The van der Waals surface area contributed by atoms with Crippen LogP contribution in [0.2, 0.25) is 0 Å². The molecule has 2 aromatic heterocycles. The molecule has 1 aliphatic heterocycles. The fourth-order valence-corrected chi connectivity index (χ4v) is 5.01. The van der Waals surface area contributed by atoms with E-state index >= 15 is 0 Å². The maximum atomic E-state index is 14.7. The van der Waals surface area contributed by atoms with Gasteiger partial charge in [-0.2, -0.15) is 0 Å². The summed E-state index contributed by atoms with van der Waals surface area (Å²) in [5, 5.41) is 3.89. The third kappa shape index (κ3) is 2.83. The average Bonchev–Trinajstić information content (AvgIpc) is 3.10. The molecule has 3 aromatic rings. The lowest BCUT2D eigenvalue weighted by molar-refractivity contribution is -0.119. The molecular formula is C24H22FN3O3. The normalized spacial score (nSPS) is 16.2. The summed E-state index contributed by atoms with van der Waals surface area (Å²) in [6.45, 7) is 5.31. The summed E-state index contributed by atoms with van der Waals surface area (Å²) in [5.74, 6) is -0.574. The van der Waals surface area contributed by atoms with Crippen molar-refractivity contribution >= 4 is 22.6 Å². The van der Waals surface area contributed by atoms with E-state index < -0.39 is 0 Å². The van der Waals surface area contributed by atoms with E-state index in [1.165, 1.54) is 19.1 Å². The predicted octanol–water partition coefficient (Wildman–Crippen LogP) is 3.59. The van der Waals surface area contributed by atoms with E-state index in [2.05, 4.69) is 5.32 Å². The van der Waals surface area contributed by atoms with Gasteiger partial charge in [-0.25, -0.2) is 9.37 Å². The van der Waals surface area contributed by atoms with Crippen LogP contribution in [0.1, 0.15) is 65.3 Å². The molecular weight excluding hydrogens is 397 g/mol. The van der Waals surface area contributed by atoms with Gasteiger partial charge in [-0.15, -0.1) is 0 Å². The molecule has 158 valence electrons. The van der Waals surface area contributed by atoms with Gasteiger partial charge >= 0.3 is 0 Å². The highest BCUT2D eigenvalue weighted by Crippen LogP contribution is 2.44. The number of ketones is 1. The summed E-state index contributed by atoms with van der Waals surface area (Å²) in [6.07, 6.45) is 1.58. The van der Waals surface area contributed by atoms with Gasteiger partial charge in [-0.3, -0.25) is 14.4 Å².